The molecule has 4 aromatic rings. The fraction of sp³-hybridized carbons (Fsp3) is 0.280. The van der Waals surface area contributed by atoms with E-state index in [4.69, 9.17) is 26.2 Å². The maximum absolute atomic E-state index is 13.9. The Kier molecular flexibility index (Phi) is 7.87. The van der Waals surface area contributed by atoms with E-state index >= 15 is 0 Å². The number of ether oxygens (including phenoxy) is 2. The van der Waals surface area contributed by atoms with Gasteiger partial charge in [-0.1, -0.05) is 11.6 Å². The van der Waals surface area contributed by atoms with Crippen LogP contribution in [-0.2, 0) is 13.0 Å². The normalized spacial score (nSPS) is 10.9. The smallest absolute Gasteiger partial charge is 0.260 e. The first kappa shape index (κ1) is 25.2. The fourth-order valence-electron chi connectivity index (χ4n) is 3.79. The Bertz CT molecular complexity index is 1430. The van der Waals surface area contributed by atoms with Crippen molar-refractivity contribution in [3.05, 3.63) is 63.8 Å². The Labute approximate surface area is 212 Å². The molecule has 0 atom stereocenters. The first-order valence-electron chi connectivity index (χ1n) is 11.3. The zero-order valence-corrected chi connectivity index (χ0v) is 21.0. The number of methoxy groups -OCH3 is 2. The molecule has 0 bridgehead atoms. The van der Waals surface area contributed by atoms with Crippen LogP contribution >= 0.6 is 11.6 Å². The molecule has 0 fully saturated rings. The van der Waals surface area contributed by atoms with Gasteiger partial charge in [-0.3, -0.25) is 14.3 Å². The number of nitrogens with zero attached hydrogens (tertiary/aromatic N) is 4. The van der Waals surface area contributed by atoms with Gasteiger partial charge in [0, 0.05) is 61.0 Å². The Hall–Kier alpha value is -3.89. The van der Waals surface area contributed by atoms with Gasteiger partial charge in [-0.2, -0.15) is 4.98 Å². The van der Waals surface area contributed by atoms with E-state index < -0.39 is 0 Å². The SMILES string of the molecule is CNc1ccc(CCn2c(=O)c(-c3cc(OC)cc(OC)c3Cl)cc3cnc(NCCO)nc32)nc1. The lowest BCUT2D eigenvalue weighted by atomic mass is 10.0. The summed E-state index contributed by atoms with van der Waals surface area (Å²) in [5, 5.41) is 16.1. The lowest BCUT2D eigenvalue weighted by molar-refractivity contribution is 0.311. The van der Waals surface area contributed by atoms with Gasteiger partial charge in [0.2, 0.25) is 5.95 Å². The van der Waals surface area contributed by atoms with Gasteiger partial charge in [-0.05, 0) is 24.3 Å². The maximum Gasteiger partial charge on any atom is 0.260 e. The van der Waals surface area contributed by atoms with Crippen molar-refractivity contribution in [1.82, 2.24) is 19.5 Å². The number of anilines is 2. The molecule has 3 aromatic heterocycles. The molecular formula is C25H27ClN6O4. The molecule has 0 amide bonds. The second-order valence-electron chi connectivity index (χ2n) is 7.87. The maximum atomic E-state index is 13.9. The van der Waals surface area contributed by atoms with E-state index in [9.17, 15) is 4.79 Å². The molecule has 36 heavy (non-hydrogen) atoms. The highest BCUT2D eigenvalue weighted by atomic mass is 35.5. The fourth-order valence-corrected chi connectivity index (χ4v) is 4.08. The van der Waals surface area contributed by atoms with E-state index in [1.54, 1.807) is 35.2 Å². The number of hydrogen-bond donors (Lipinski definition) is 3. The molecule has 0 aliphatic heterocycles. The van der Waals surface area contributed by atoms with Crippen LogP contribution in [0.4, 0.5) is 11.6 Å². The lowest BCUT2D eigenvalue weighted by Gasteiger charge is -2.16. The minimum absolute atomic E-state index is 0.0718. The van der Waals surface area contributed by atoms with E-state index in [-0.39, 0.29) is 18.7 Å². The highest BCUT2D eigenvalue weighted by molar-refractivity contribution is 6.35. The van der Waals surface area contributed by atoms with Gasteiger partial charge in [0.15, 0.2) is 0 Å². The van der Waals surface area contributed by atoms with Crippen LogP contribution in [0.3, 0.4) is 0 Å². The van der Waals surface area contributed by atoms with Crippen LogP contribution in [0.1, 0.15) is 5.69 Å². The van der Waals surface area contributed by atoms with Crippen LogP contribution in [0.25, 0.3) is 22.2 Å². The number of pyridine rings is 2. The van der Waals surface area contributed by atoms with Gasteiger partial charge in [0.1, 0.15) is 17.1 Å². The zero-order chi connectivity index (χ0) is 25.7. The topological polar surface area (TPSA) is 123 Å². The summed E-state index contributed by atoms with van der Waals surface area (Å²) in [6.45, 7) is 0.538. The van der Waals surface area contributed by atoms with Crippen LogP contribution in [0.5, 0.6) is 11.5 Å². The summed E-state index contributed by atoms with van der Waals surface area (Å²) in [6, 6.07) is 8.92. The largest absolute Gasteiger partial charge is 0.497 e. The van der Waals surface area contributed by atoms with Crippen molar-refractivity contribution in [2.75, 3.05) is 45.1 Å². The highest BCUT2D eigenvalue weighted by Crippen LogP contribution is 2.38. The molecule has 3 heterocycles. The number of rotatable bonds is 10. The Balaban J connectivity index is 1.86. The number of aromatic nitrogens is 4. The van der Waals surface area contributed by atoms with Gasteiger partial charge in [0.05, 0.1) is 37.7 Å². The zero-order valence-electron chi connectivity index (χ0n) is 20.2. The minimum atomic E-state index is -0.279. The molecule has 4 rings (SSSR count). The number of nitrogens with one attached hydrogen (secondary N) is 2. The van der Waals surface area contributed by atoms with E-state index in [0.29, 0.717) is 57.6 Å². The van der Waals surface area contributed by atoms with Crippen molar-refractivity contribution in [1.29, 1.82) is 0 Å². The van der Waals surface area contributed by atoms with Gasteiger partial charge in [-0.15, -0.1) is 0 Å². The Morgan fingerprint density at radius 1 is 1.08 bits per heavy atom. The number of aliphatic hydroxyl groups is 1. The molecule has 11 heteroatoms. The van der Waals surface area contributed by atoms with Gasteiger partial charge >= 0.3 is 0 Å². The predicted octanol–water partition coefficient (Wildman–Crippen LogP) is 3.21. The van der Waals surface area contributed by atoms with Crippen molar-refractivity contribution < 1.29 is 14.6 Å². The summed E-state index contributed by atoms with van der Waals surface area (Å²) in [7, 11) is 4.87. The second kappa shape index (κ2) is 11.2. The Morgan fingerprint density at radius 2 is 1.92 bits per heavy atom. The summed E-state index contributed by atoms with van der Waals surface area (Å²) >= 11 is 6.62. The molecule has 0 saturated carbocycles. The van der Waals surface area contributed by atoms with Crippen LogP contribution in [0.15, 0.2) is 47.5 Å². The van der Waals surface area contributed by atoms with E-state index in [1.807, 2.05) is 19.2 Å². The molecule has 0 saturated heterocycles. The van der Waals surface area contributed by atoms with Gasteiger partial charge in [-0.25, -0.2) is 4.98 Å². The molecule has 0 aliphatic carbocycles. The van der Waals surface area contributed by atoms with Crippen LogP contribution in [-0.4, -0.2) is 59.0 Å². The van der Waals surface area contributed by atoms with Crippen molar-refractivity contribution in [2.24, 2.45) is 0 Å². The van der Waals surface area contributed by atoms with E-state index in [2.05, 4.69) is 25.6 Å². The number of fused-ring (bicyclic) bond motifs is 1. The van der Waals surface area contributed by atoms with Gasteiger partial charge < -0.3 is 25.2 Å². The number of hydrogen-bond acceptors (Lipinski definition) is 9. The van der Waals surface area contributed by atoms with E-state index in [1.165, 1.54) is 14.2 Å². The average Bonchev–Trinajstić information content (AvgIpc) is 2.91. The molecule has 0 radical (unpaired) electrons. The summed E-state index contributed by atoms with van der Waals surface area (Å²) < 4.78 is 12.4. The summed E-state index contributed by atoms with van der Waals surface area (Å²) in [5.74, 6) is 1.21. The van der Waals surface area contributed by atoms with Gasteiger partial charge in [0.25, 0.3) is 5.56 Å². The predicted molar refractivity (Wildman–Crippen MR) is 140 cm³/mol. The minimum Gasteiger partial charge on any atom is -0.497 e. The second-order valence-corrected chi connectivity index (χ2v) is 8.25. The van der Waals surface area contributed by atoms with Crippen molar-refractivity contribution in [3.63, 3.8) is 0 Å². The first-order chi connectivity index (χ1) is 17.5. The van der Waals surface area contributed by atoms with Crippen molar-refractivity contribution in [3.8, 4) is 22.6 Å². The molecule has 10 nitrogen and oxygen atoms in total. The summed E-state index contributed by atoms with van der Waals surface area (Å²) in [6.07, 6.45) is 3.88. The third-order valence-electron chi connectivity index (χ3n) is 5.69. The Morgan fingerprint density at radius 3 is 2.58 bits per heavy atom. The molecular weight excluding hydrogens is 484 g/mol. The van der Waals surface area contributed by atoms with Crippen LogP contribution in [0.2, 0.25) is 5.02 Å². The van der Waals surface area contributed by atoms with Crippen LogP contribution in [0, 0.1) is 0 Å². The molecule has 0 aliphatic rings. The lowest BCUT2D eigenvalue weighted by Crippen LogP contribution is -2.25. The number of aliphatic hydroxyl groups excluding tert-OH is 1. The number of aryl methyl sites for hydroxylation is 2. The van der Waals surface area contributed by atoms with Crippen molar-refractivity contribution >= 4 is 34.3 Å². The third-order valence-corrected chi connectivity index (χ3v) is 6.08. The standard InChI is InChI=1S/C25H27ClN6O4/c1-27-17-5-4-16(29-14-17)6-8-32-23-15(13-30-25(31-23)28-7-9-33)10-20(24(32)34)19-11-18(35-2)12-21(36-3)22(19)26/h4-5,10-14,27,33H,6-9H2,1-3H3,(H,28,30,31). The van der Waals surface area contributed by atoms with E-state index in [0.717, 1.165) is 11.4 Å². The number of halogens is 1. The monoisotopic (exact) mass is 510 g/mol. The summed E-state index contributed by atoms with van der Waals surface area (Å²) in [4.78, 5) is 27.2. The van der Waals surface area contributed by atoms with Crippen molar-refractivity contribution in [2.45, 2.75) is 13.0 Å². The molecule has 188 valence electrons. The summed E-state index contributed by atoms with van der Waals surface area (Å²) in [5.41, 5.74) is 2.75. The molecule has 0 unspecified atom stereocenters. The quantitative estimate of drug-likeness (QED) is 0.295. The van der Waals surface area contributed by atoms with Crippen LogP contribution < -0.4 is 25.7 Å². The highest BCUT2D eigenvalue weighted by Gasteiger charge is 2.19. The molecule has 1 aromatic carbocycles. The molecule has 0 spiro atoms. The third kappa shape index (κ3) is 5.19. The average molecular weight is 511 g/mol. The first-order valence-corrected chi connectivity index (χ1v) is 11.7. The molecule has 3 N–H and O–H groups in total. The number of benzene rings is 1.